The first-order valence-corrected chi connectivity index (χ1v) is 7.05. The highest BCUT2D eigenvalue weighted by Gasteiger charge is 2.39. The predicted molar refractivity (Wildman–Crippen MR) is 83.4 cm³/mol. The van der Waals surface area contributed by atoms with Crippen molar-refractivity contribution >= 4 is 24.0 Å². The number of carbonyl (C=O) groups excluding carboxylic acids is 1. The third-order valence-corrected chi connectivity index (χ3v) is 3.92. The Labute approximate surface area is 130 Å². The summed E-state index contributed by atoms with van der Waals surface area (Å²) in [7, 11) is 0. The fourth-order valence-corrected chi connectivity index (χ4v) is 2.69. The molecular formula is C15H22ClFN2O2. The molecule has 4 nitrogen and oxygen atoms in total. The van der Waals surface area contributed by atoms with Gasteiger partial charge in [-0.3, -0.25) is 4.79 Å². The molecule has 0 heterocycles. The molecule has 118 valence electrons. The van der Waals surface area contributed by atoms with Crippen LogP contribution in [0.2, 0.25) is 0 Å². The normalized spacial score (nSPS) is 16.1. The van der Waals surface area contributed by atoms with Gasteiger partial charge in [-0.15, -0.1) is 12.4 Å². The molecular weight excluding hydrogens is 295 g/mol. The van der Waals surface area contributed by atoms with E-state index in [1.165, 1.54) is 12.1 Å². The van der Waals surface area contributed by atoms with Crippen molar-refractivity contribution < 1.29 is 13.9 Å². The lowest BCUT2D eigenvalue weighted by atomic mass is 9.85. The summed E-state index contributed by atoms with van der Waals surface area (Å²) < 4.78 is 18.9. The molecule has 6 heteroatoms. The Bertz CT molecular complexity index is 491. The monoisotopic (exact) mass is 316 g/mol. The molecule has 1 saturated carbocycles. The minimum absolute atomic E-state index is 0. The van der Waals surface area contributed by atoms with Gasteiger partial charge in [0.05, 0.1) is 12.0 Å². The van der Waals surface area contributed by atoms with Crippen LogP contribution >= 0.6 is 12.4 Å². The lowest BCUT2D eigenvalue weighted by Crippen LogP contribution is -2.40. The van der Waals surface area contributed by atoms with Crippen LogP contribution in [0.1, 0.15) is 32.6 Å². The van der Waals surface area contributed by atoms with Crippen LogP contribution in [0.15, 0.2) is 18.2 Å². The topological polar surface area (TPSA) is 64.3 Å². The first-order valence-electron chi connectivity index (χ1n) is 7.05. The maximum atomic E-state index is 13.7. The predicted octanol–water partition coefficient (Wildman–Crippen LogP) is 3.10. The molecule has 0 radical (unpaired) electrons. The number of hydrogen-bond donors (Lipinski definition) is 2. The molecule has 1 aliphatic rings. The number of carbonyl (C=O) groups is 1. The summed E-state index contributed by atoms with van der Waals surface area (Å²) in [5, 5.41) is 2.77. The average Bonchev–Trinajstić information content (AvgIpc) is 2.92. The number of hydrogen-bond acceptors (Lipinski definition) is 3. The van der Waals surface area contributed by atoms with E-state index in [0.29, 0.717) is 18.8 Å². The SMILES string of the molecule is CCOc1ccc(NC(=O)C2(CN)CCCC2)cc1F.Cl. The number of halogens is 2. The smallest absolute Gasteiger partial charge is 0.231 e. The van der Waals surface area contributed by atoms with E-state index in [4.69, 9.17) is 10.5 Å². The molecule has 1 aromatic rings. The third kappa shape index (κ3) is 3.86. The molecule has 1 aromatic carbocycles. The summed E-state index contributed by atoms with van der Waals surface area (Å²) in [4.78, 5) is 12.3. The van der Waals surface area contributed by atoms with E-state index in [1.54, 1.807) is 13.0 Å². The highest BCUT2D eigenvalue weighted by molar-refractivity contribution is 5.95. The summed E-state index contributed by atoms with van der Waals surface area (Å²) in [6, 6.07) is 4.45. The third-order valence-electron chi connectivity index (χ3n) is 3.92. The quantitative estimate of drug-likeness (QED) is 0.877. The molecule has 3 N–H and O–H groups in total. The van der Waals surface area contributed by atoms with E-state index in [-0.39, 0.29) is 24.1 Å². The molecule has 1 amide bonds. The van der Waals surface area contributed by atoms with Gasteiger partial charge >= 0.3 is 0 Å². The maximum absolute atomic E-state index is 13.7. The molecule has 0 unspecified atom stereocenters. The molecule has 1 aliphatic carbocycles. The van der Waals surface area contributed by atoms with Gasteiger partial charge in [0.2, 0.25) is 5.91 Å². The van der Waals surface area contributed by atoms with Crippen LogP contribution in [-0.4, -0.2) is 19.1 Å². The van der Waals surface area contributed by atoms with Crippen molar-refractivity contribution in [3.05, 3.63) is 24.0 Å². The fourth-order valence-electron chi connectivity index (χ4n) is 2.69. The van der Waals surface area contributed by atoms with Crippen LogP contribution in [0.4, 0.5) is 10.1 Å². The van der Waals surface area contributed by atoms with E-state index < -0.39 is 11.2 Å². The van der Waals surface area contributed by atoms with E-state index >= 15 is 0 Å². The van der Waals surface area contributed by atoms with Crippen molar-refractivity contribution in [3.8, 4) is 5.75 Å². The lowest BCUT2D eigenvalue weighted by molar-refractivity contribution is -0.124. The summed E-state index contributed by atoms with van der Waals surface area (Å²) in [6.07, 6.45) is 3.63. The molecule has 2 rings (SSSR count). The average molecular weight is 317 g/mol. The summed E-state index contributed by atoms with van der Waals surface area (Å²) in [5.41, 5.74) is 5.71. The Morgan fingerprint density at radius 1 is 1.43 bits per heavy atom. The van der Waals surface area contributed by atoms with Crippen molar-refractivity contribution in [2.45, 2.75) is 32.6 Å². The van der Waals surface area contributed by atoms with Gasteiger partial charge in [-0.05, 0) is 31.9 Å². The van der Waals surface area contributed by atoms with Gasteiger partial charge in [0.1, 0.15) is 0 Å². The highest BCUT2D eigenvalue weighted by atomic mass is 35.5. The van der Waals surface area contributed by atoms with Crippen LogP contribution in [-0.2, 0) is 4.79 Å². The minimum Gasteiger partial charge on any atom is -0.491 e. The van der Waals surface area contributed by atoms with Gasteiger partial charge in [-0.2, -0.15) is 0 Å². The first-order chi connectivity index (χ1) is 9.61. The van der Waals surface area contributed by atoms with E-state index in [1.807, 2.05) is 0 Å². The maximum Gasteiger partial charge on any atom is 0.231 e. The second kappa shape index (κ2) is 7.61. The van der Waals surface area contributed by atoms with Gasteiger partial charge in [-0.1, -0.05) is 12.8 Å². The highest BCUT2D eigenvalue weighted by Crippen LogP contribution is 2.38. The minimum atomic E-state index is -0.491. The van der Waals surface area contributed by atoms with Crippen LogP contribution in [0.25, 0.3) is 0 Å². The Morgan fingerprint density at radius 2 is 2.10 bits per heavy atom. The second-order valence-corrected chi connectivity index (χ2v) is 5.22. The number of amides is 1. The largest absolute Gasteiger partial charge is 0.491 e. The van der Waals surface area contributed by atoms with Crippen molar-refractivity contribution in [2.75, 3.05) is 18.5 Å². The van der Waals surface area contributed by atoms with Crippen molar-refractivity contribution in [2.24, 2.45) is 11.1 Å². The van der Waals surface area contributed by atoms with E-state index in [0.717, 1.165) is 25.7 Å². The molecule has 21 heavy (non-hydrogen) atoms. The molecule has 1 fully saturated rings. The number of anilines is 1. The number of nitrogens with one attached hydrogen (secondary N) is 1. The second-order valence-electron chi connectivity index (χ2n) is 5.22. The van der Waals surface area contributed by atoms with E-state index in [2.05, 4.69) is 5.32 Å². The molecule has 0 atom stereocenters. The Hall–Kier alpha value is -1.33. The molecule has 0 spiro atoms. The molecule has 0 saturated heterocycles. The van der Waals surface area contributed by atoms with Crippen LogP contribution in [0.3, 0.4) is 0 Å². The zero-order valence-electron chi connectivity index (χ0n) is 12.2. The number of benzene rings is 1. The van der Waals surface area contributed by atoms with Gasteiger partial charge in [0.15, 0.2) is 11.6 Å². The van der Waals surface area contributed by atoms with Crippen molar-refractivity contribution in [3.63, 3.8) is 0 Å². The number of nitrogens with two attached hydrogens (primary N) is 1. The number of rotatable bonds is 5. The summed E-state index contributed by atoms with van der Waals surface area (Å²) >= 11 is 0. The zero-order valence-corrected chi connectivity index (χ0v) is 13.0. The van der Waals surface area contributed by atoms with Crippen molar-refractivity contribution in [1.82, 2.24) is 0 Å². The van der Waals surface area contributed by atoms with Crippen LogP contribution < -0.4 is 15.8 Å². The molecule has 0 aliphatic heterocycles. The van der Waals surface area contributed by atoms with Gasteiger partial charge < -0.3 is 15.8 Å². The summed E-state index contributed by atoms with van der Waals surface area (Å²) in [6.45, 7) is 2.53. The lowest BCUT2D eigenvalue weighted by Gasteiger charge is -2.25. The molecule has 0 aromatic heterocycles. The Kier molecular flexibility index (Phi) is 6.42. The van der Waals surface area contributed by atoms with Gasteiger partial charge in [0.25, 0.3) is 0 Å². The zero-order chi connectivity index (χ0) is 14.6. The first kappa shape index (κ1) is 17.7. The number of ether oxygens (including phenoxy) is 1. The standard InChI is InChI=1S/C15H21FN2O2.ClH/c1-2-20-13-6-5-11(9-12(13)16)18-14(19)15(10-17)7-3-4-8-15;/h5-6,9H,2-4,7-8,10,17H2,1H3,(H,18,19);1H. The van der Waals surface area contributed by atoms with Crippen molar-refractivity contribution in [1.29, 1.82) is 0 Å². The van der Waals surface area contributed by atoms with Gasteiger partial charge in [0, 0.05) is 18.3 Å². The molecule has 0 bridgehead atoms. The van der Waals surface area contributed by atoms with Crippen LogP contribution in [0, 0.1) is 11.2 Å². The van der Waals surface area contributed by atoms with E-state index in [9.17, 15) is 9.18 Å². The Balaban J connectivity index is 0.00000220. The Morgan fingerprint density at radius 3 is 2.62 bits per heavy atom. The van der Waals surface area contributed by atoms with Crippen LogP contribution in [0.5, 0.6) is 5.75 Å². The fraction of sp³-hybridized carbons (Fsp3) is 0.533. The summed E-state index contributed by atoms with van der Waals surface area (Å²) in [5.74, 6) is -0.390. The van der Waals surface area contributed by atoms with Gasteiger partial charge in [-0.25, -0.2) is 4.39 Å².